The Morgan fingerprint density at radius 2 is 2.04 bits per heavy atom. The van der Waals surface area contributed by atoms with E-state index in [4.69, 9.17) is 16.0 Å². The largest absolute Gasteiger partial charge is 0.465 e. The Morgan fingerprint density at radius 3 is 2.80 bits per heavy atom. The van der Waals surface area contributed by atoms with E-state index in [1.165, 1.54) is 31.5 Å². The summed E-state index contributed by atoms with van der Waals surface area (Å²) in [5.41, 5.74) is 1.39. The lowest BCUT2D eigenvalue weighted by Crippen LogP contribution is -2.00. The van der Waals surface area contributed by atoms with E-state index in [-0.39, 0.29) is 5.82 Å². The molecule has 25 heavy (non-hydrogen) atoms. The lowest BCUT2D eigenvalue weighted by Gasteiger charge is -2.02. The van der Waals surface area contributed by atoms with Crippen LogP contribution in [0.5, 0.6) is 0 Å². The van der Waals surface area contributed by atoms with Gasteiger partial charge in [0.25, 0.3) is 0 Å². The normalized spacial score (nSPS) is 11.0. The molecule has 3 rings (SSSR count). The first-order valence-electron chi connectivity index (χ1n) is 7.34. The number of nitrogens with zero attached hydrogens (tertiary/aromatic N) is 1. The second-order valence-corrected chi connectivity index (χ2v) is 5.54. The highest BCUT2D eigenvalue weighted by Crippen LogP contribution is 2.27. The number of carbonyl (C=O) groups excluding carboxylic acids is 1. The number of furan rings is 1. The van der Waals surface area contributed by atoms with Crippen LogP contribution in [0.3, 0.4) is 0 Å². The molecule has 2 aromatic carbocycles. The van der Waals surface area contributed by atoms with Gasteiger partial charge in [-0.2, -0.15) is 0 Å². The third kappa shape index (κ3) is 3.95. The van der Waals surface area contributed by atoms with Gasteiger partial charge < -0.3 is 9.15 Å². The van der Waals surface area contributed by atoms with E-state index >= 15 is 0 Å². The Bertz CT molecular complexity index is 949. The molecule has 0 fully saturated rings. The van der Waals surface area contributed by atoms with Gasteiger partial charge >= 0.3 is 5.97 Å². The molecule has 0 bridgehead atoms. The molecule has 1 heterocycles. The summed E-state index contributed by atoms with van der Waals surface area (Å²) < 4.78 is 23.6. The summed E-state index contributed by atoms with van der Waals surface area (Å²) in [4.78, 5) is 15.8. The number of methoxy groups -OCH3 is 1. The van der Waals surface area contributed by atoms with Gasteiger partial charge in [-0.05, 0) is 42.5 Å². The molecule has 0 radical (unpaired) electrons. The van der Waals surface area contributed by atoms with Crippen molar-refractivity contribution in [2.45, 2.75) is 0 Å². The molecule has 3 aromatic rings. The molecule has 6 heteroatoms. The van der Waals surface area contributed by atoms with Gasteiger partial charge in [-0.1, -0.05) is 23.7 Å². The zero-order chi connectivity index (χ0) is 17.8. The fourth-order valence-electron chi connectivity index (χ4n) is 2.21. The van der Waals surface area contributed by atoms with Crippen LogP contribution in [0.4, 0.5) is 10.1 Å². The summed E-state index contributed by atoms with van der Waals surface area (Å²) in [7, 11) is 1.30. The minimum absolute atomic E-state index is 0.337. The Kier molecular flexibility index (Phi) is 4.95. The van der Waals surface area contributed by atoms with E-state index in [0.29, 0.717) is 33.4 Å². The van der Waals surface area contributed by atoms with Crippen LogP contribution in [-0.4, -0.2) is 19.3 Å². The van der Waals surface area contributed by atoms with Crippen LogP contribution in [0.1, 0.15) is 16.1 Å². The van der Waals surface area contributed by atoms with Gasteiger partial charge in [0.15, 0.2) is 0 Å². The molecule has 126 valence electrons. The number of ether oxygens (including phenoxy) is 1. The number of benzene rings is 2. The van der Waals surface area contributed by atoms with Crippen molar-refractivity contribution in [2.75, 3.05) is 7.11 Å². The number of hydrogen-bond acceptors (Lipinski definition) is 4. The molecule has 4 nitrogen and oxygen atoms in total. The number of hydrogen-bond donors (Lipinski definition) is 0. The smallest absolute Gasteiger partial charge is 0.337 e. The van der Waals surface area contributed by atoms with Gasteiger partial charge in [-0.15, -0.1) is 0 Å². The quantitative estimate of drug-likeness (QED) is 0.471. The van der Waals surface area contributed by atoms with Crippen LogP contribution in [0.15, 0.2) is 64.0 Å². The molecule has 0 saturated carbocycles. The molecule has 0 amide bonds. The van der Waals surface area contributed by atoms with Crippen molar-refractivity contribution in [1.82, 2.24) is 0 Å². The zero-order valence-electron chi connectivity index (χ0n) is 13.2. The fraction of sp³-hybridized carbons (Fsp3) is 0.0526. The maximum Gasteiger partial charge on any atom is 0.337 e. The van der Waals surface area contributed by atoms with Crippen LogP contribution in [0.25, 0.3) is 11.3 Å². The molecule has 0 aliphatic carbocycles. The molecule has 0 aliphatic rings. The monoisotopic (exact) mass is 357 g/mol. The van der Waals surface area contributed by atoms with E-state index in [2.05, 4.69) is 9.73 Å². The summed E-state index contributed by atoms with van der Waals surface area (Å²) in [5.74, 6) is 0.184. The van der Waals surface area contributed by atoms with E-state index in [9.17, 15) is 9.18 Å². The summed E-state index contributed by atoms with van der Waals surface area (Å²) in [6, 6.07) is 14.2. The Labute approximate surface area is 148 Å². The lowest BCUT2D eigenvalue weighted by molar-refractivity contribution is 0.0601. The maximum absolute atomic E-state index is 13.3. The third-order valence-electron chi connectivity index (χ3n) is 3.43. The highest BCUT2D eigenvalue weighted by Gasteiger charge is 2.09. The second kappa shape index (κ2) is 7.32. The van der Waals surface area contributed by atoms with E-state index in [1.807, 2.05) is 0 Å². The van der Waals surface area contributed by atoms with Crippen LogP contribution in [0, 0.1) is 5.82 Å². The van der Waals surface area contributed by atoms with Crippen molar-refractivity contribution >= 4 is 29.5 Å². The fourth-order valence-corrected chi connectivity index (χ4v) is 2.38. The van der Waals surface area contributed by atoms with Gasteiger partial charge in [-0.3, -0.25) is 4.99 Å². The second-order valence-electron chi connectivity index (χ2n) is 5.13. The number of aliphatic imine (C=N–C) groups is 1. The molecule has 0 aliphatic heterocycles. The van der Waals surface area contributed by atoms with Crippen molar-refractivity contribution in [3.05, 3.63) is 76.8 Å². The van der Waals surface area contributed by atoms with Crippen molar-refractivity contribution in [3.8, 4) is 11.3 Å². The Morgan fingerprint density at radius 1 is 1.20 bits per heavy atom. The SMILES string of the molecule is COC(=O)c1ccc(Cl)c(N=Cc2ccc(-c3cccc(F)c3)o2)c1. The summed E-state index contributed by atoms with van der Waals surface area (Å²) >= 11 is 6.09. The average Bonchev–Trinajstić information content (AvgIpc) is 3.09. The predicted molar refractivity (Wildman–Crippen MR) is 94.1 cm³/mol. The van der Waals surface area contributed by atoms with Gasteiger partial charge in [0.1, 0.15) is 17.3 Å². The highest BCUT2D eigenvalue weighted by molar-refractivity contribution is 6.33. The molecule has 0 unspecified atom stereocenters. The van der Waals surface area contributed by atoms with E-state index in [1.54, 1.807) is 36.4 Å². The van der Waals surface area contributed by atoms with Crippen molar-refractivity contribution in [3.63, 3.8) is 0 Å². The minimum Gasteiger partial charge on any atom is -0.465 e. The standard InChI is InChI=1S/C19H13ClFNO3/c1-24-19(23)13-5-7-16(20)17(10-13)22-11-15-6-8-18(25-15)12-3-2-4-14(21)9-12/h2-11H,1H3. The maximum atomic E-state index is 13.3. The van der Waals surface area contributed by atoms with Crippen LogP contribution in [-0.2, 0) is 4.74 Å². The average molecular weight is 358 g/mol. The molecule has 0 saturated heterocycles. The van der Waals surface area contributed by atoms with Crippen molar-refractivity contribution in [2.24, 2.45) is 4.99 Å². The van der Waals surface area contributed by atoms with E-state index < -0.39 is 5.97 Å². The van der Waals surface area contributed by atoms with Crippen molar-refractivity contribution < 1.29 is 18.3 Å². The first-order chi connectivity index (χ1) is 12.1. The third-order valence-corrected chi connectivity index (χ3v) is 3.75. The first-order valence-corrected chi connectivity index (χ1v) is 7.72. The van der Waals surface area contributed by atoms with Crippen LogP contribution in [0.2, 0.25) is 5.02 Å². The topological polar surface area (TPSA) is 51.8 Å². The predicted octanol–water partition coefficient (Wildman–Crippen LogP) is 5.28. The summed E-state index contributed by atoms with van der Waals surface area (Å²) in [5, 5.41) is 0.390. The summed E-state index contributed by atoms with van der Waals surface area (Å²) in [6.07, 6.45) is 1.48. The lowest BCUT2D eigenvalue weighted by atomic mass is 10.2. The Hall–Kier alpha value is -2.92. The molecule has 0 atom stereocenters. The van der Waals surface area contributed by atoms with Gasteiger partial charge in [0.05, 0.1) is 29.6 Å². The van der Waals surface area contributed by atoms with Crippen LogP contribution >= 0.6 is 11.6 Å². The molecule has 0 spiro atoms. The Balaban J connectivity index is 1.84. The number of rotatable bonds is 4. The van der Waals surface area contributed by atoms with Crippen molar-refractivity contribution in [1.29, 1.82) is 0 Å². The van der Waals surface area contributed by atoms with Gasteiger partial charge in [0.2, 0.25) is 0 Å². The molecule has 0 N–H and O–H groups in total. The molecule has 1 aromatic heterocycles. The number of esters is 1. The molecular weight excluding hydrogens is 345 g/mol. The van der Waals surface area contributed by atoms with Crippen LogP contribution < -0.4 is 0 Å². The van der Waals surface area contributed by atoms with Gasteiger partial charge in [0, 0.05) is 5.56 Å². The van der Waals surface area contributed by atoms with Gasteiger partial charge in [-0.25, -0.2) is 9.18 Å². The highest BCUT2D eigenvalue weighted by atomic mass is 35.5. The first kappa shape index (κ1) is 16.9. The molecular formula is C19H13ClFNO3. The number of halogens is 2. The zero-order valence-corrected chi connectivity index (χ0v) is 14.0. The van der Waals surface area contributed by atoms with E-state index in [0.717, 1.165) is 0 Å². The summed E-state index contributed by atoms with van der Waals surface area (Å²) in [6.45, 7) is 0. The number of carbonyl (C=O) groups is 1. The minimum atomic E-state index is -0.473.